The van der Waals surface area contributed by atoms with Crippen LogP contribution in [-0.4, -0.2) is 17.6 Å². The van der Waals surface area contributed by atoms with Gasteiger partial charge in [0.05, 0.1) is 10.4 Å². The fraction of sp³-hybridized carbons (Fsp3) is 0.133. The number of hydrogen-bond donors (Lipinski definition) is 2. The fourth-order valence-electron chi connectivity index (χ4n) is 1.75. The first-order valence-corrected chi connectivity index (χ1v) is 7.74. The number of amides is 1. The van der Waals surface area contributed by atoms with E-state index in [1.807, 2.05) is 30.3 Å². The number of phenols is 1. The van der Waals surface area contributed by atoms with Crippen molar-refractivity contribution in [2.75, 3.05) is 6.54 Å². The second kappa shape index (κ2) is 6.90. The van der Waals surface area contributed by atoms with Crippen LogP contribution in [0.15, 0.2) is 53.0 Å². The van der Waals surface area contributed by atoms with E-state index >= 15 is 0 Å². The number of phenolic OH excluding ortho intramolecular Hbond substituents is 1. The molecule has 0 heterocycles. The number of aromatic hydroxyl groups is 1. The highest BCUT2D eigenvalue weighted by Crippen LogP contribution is 2.23. The molecule has 0 aliphatic carbocycles. The third-order valence-electron chi connectivity index (χ3n) is 2.81. The van der Waals surface area contributed by atoms with E-state index in [-0.39, 0.29) is 22.0 Å². The minimum Gasteiger partial charge on any atom is -0.507 e. The number of halogens is 2. The summed E-state index contributed by atoms with van der Waals surface area (Å²) in [4.78, 5) is 12.1. The summed E-state index contributed by atoms with van der Waals surface area (Å²) in [7, 11) is 0. The maximum atomic E-state index is 12.0. The molecule has 1 amide bonds. The molecule has 1 unspecified atom stereocenters. The first-order chi connectivity index (χ1) is 9.58. The van der Waals surface area contributed by atoms with E-state index in [0.717, 1.165) is 10.0 Å². The van der Waals surface area contributed by atoms with Crippen molar-refractivity contribution in [1.29, 1.82) is 0 Å². The lowest BCUT2D eigenvalue weighted by Crippen LogP contribution is -2.26. The van der Waals surface area contributed by atoms with E-state index in [1.54, 1.807) is 12.1 Å². The molecular weight excluding hydrogens is 386 g/mol. The second-order valence-electron chi connectivity index (χ2n) is 4.25. The van der Waals surface area contributed by atoms with Crippen molar-refractivity contribution in [2.45, 2.75) is 4.83 Å². The Labute approximate surface area is 134 Å². The smallest absolute Gasteiger partial charge is 0.255 e. The number of alkyl halides is 1. The Balaban J connectivity index is 2.00. The van der Waals surface area contributed by atoms with Gasteiger partial charge in [0, 0.05) is 11.0 Å². The van der Waals surface area contributed by atoms with Crippen LogP contribution in [0, 0.1) is 0 Å². The Bertz CT molecular complexity index is 602. The lowest BCUT2D eigenvalue weighted by atomic mass is 10.1. The molecule has 104 valence electrons. The number of benzene rings is 2. The van der Waals surface area contributed by atoms with Crippen molar-refractivity contribution in [1.82, 2.24) is 5.32 Å². The number of nitrogens with one attached hydrogen (secondary N) is 1. The van der Waals surface area contributed by atoms with Gasteiger partial charge in [0.1, 0.15) is 5.75 Å². The van der Waals surface area contributed by atoms with Crippen molar-refractivity contribution in [2.24, 2.45) is 0 Å². The number of carbonyl (C=O) groups excluding carboxylic acids is 1. The highest BCUT2D eigenvalue weighted by atomic mass is 79.9. The molecule has 0 saturated heterocycles. The third kappa shape index (κ3) is 3.84. The molecule has 20 heavy (non-hydrogen) atoms. The van der Waals surface area contributed by atoms with Crippen LogP contribution in [0.25, 0.3) is 0 Å². The topological polar surface area (TPSA) is 49.3 Å². The van der Waals surface area contributed by atoms with Crippen LogP contribution in [0.1, 0.15) is 20.7 Å². The minimum atomic E-state index is -0.302. The Morgan fingerprint density at radius 1 is 1.20 bits per heavy atom. The summed E-state index contributed by atoms with van der Waals surface area (Å²) < 4.78 is 0.749. The predicted molar refractivity (Wildman–Crippen MR) is 86.3 cm³/mol. The summed E-state index contributed by atoms with van der Waals surface area (Å²) in [5.74, 6) is -0.333. The molecule has 0 fully saturated rings. The lowest BCUT2D eigenvalue weighted by molar-refractivity contribution is 0.0951. The summed E-state index contributed by atoms with van der Waals surface area (Å²) in [5, 5.41) is 12.5. The molecule has 5 heteroatoms. The number of carbonyl (C=O) groups is 1. The van der Waals surface area contributed by atoms with E-state index in [1.165, 1.54) is 6.07 Å². The zero-order chi connectivity index (χ0) is 14.5. The van der Waals surface area contributed by atoms with Crippen LogP contribution in [0.5, 0.6) is 5.75 Å². The molecule has 1 atom stereocenters. The zero-order valence-corrected chi connectivity index (χ0v) is 13.7. The average Bonchev–Trinajstić information content (AvgIpc) is 2.47. The van der Waals surface area contributed by atoms with Gasteiger partial charge < -0.3 is 10.4 Å². The maximum absolute atomic E-state index is 12.0. The Morgan fingerprint density at radius 2 is 1.90 bits per heavy atom. The van der Waals surface area contributed by atoms with Gasteiger partial charge >= 0.3 is 0 Å². The summed E-state index contributed by atoms with van der Waals surface area (Å²) in [6, 6.07) is 14.6. The summed E-state index contributed by atoms with van der Waals surface area (Å²) in [6.45, 7) is 0.439. The van der Waals surface area contributed by atoms with E-state index in [4.69, 9.17) is 0 Å². The van der Waals surface area contributed by atoms with Crippen LogP contribution in [0.3, 0.4) is 0 Å². The molecule has 2 N–H and O–H groups in total. The maximum Gasteiger partial charge on any atom is 0.255 e. The van der Waals surface area contributed by atoms with Gasteiger partial charge in [0.15, 0.2) is 0 Å². The quantitative estimate of drug-likeness (QED) is 0.764. The number of hydrogen-bond acceptors (Lipinski definition) is 2. The molecule has 0 aliphatic rings. The molecule has 2 aromatic carbocycles. The molecule has 0 spiro atoms. The van der Waals surface area contributed by atoms with Crippen molar-refractivity contribution < 1.29 is 9.90 Å². The largest absolute Gasteiger partial charge is 0.507 e. The third-order valence-corrected chi connectivity index (χ3v) is 4.15. The van der Waals surface area contributed by atoms with Gasteiger partial charge in [-0.25, -0.2) is 0 Å². The highest BCUT2D eigenvalue weighted by Gasteiger charge is 2.13. The zero-order valence-electron chi connectivity index (χ0n) is 10.5. The van der Waals surface area contributed by atoms with Crippen molar-refractivity contribution in [3.05, 3.63) is 64.1 Å². The summed E-state index contributed by atoms with van der Waals surface area (Å²) >= 11 is 6.81. The van der Waals surface area contributed by atoms with Crippen LogP contribution in [0.4, 0.5) is 0 Å². The molecule has 0 aliphatic heterocycles. The SMILES string of the molecule is O=C(NCC(Br)c1ccccc1)c1cc(Br)ccc1O. The van der Waals surface area contributed by atoms with Gasteiger partial charge in [-0.1, -0.05) is 62.2 Å². The Hall–Kier alpha value is -1.33. The Morgan fingerprint density at radius 3 is 2.60 bits per heavy atom. The van der Waals surface area contributed by atoms with Crippen LogP contribution >= 0.6 is 31.9 Å². The second-order valence-corrected chi connectivity index (χ2v) is 6.27. The molecule has 0 bridgehead atoms. The van der Waals surface area contributed by atoms with Gasteiger partial charge in [-0.05, 0) is 23.8 Å². The Kier molecular flexibility index (Phi) is 5.20. The number of rotatable bonds is 4. The van der Waals surface area contributed by atoms with E-state index in [0.29, 0.717) is 6.54 Å². The van der Waals surface area contributed by atoms with Gasteiger partial charge in [-0.15, -0.1) is 0 Å². The van der Waals surface area contributed by atoms with Crippen molar-refractivity contribution >= 4 is 37.8 Å². The standard InChI is InChI=1S/C15H13Br2NO2/c16-11-6-7-14(19)12(8-11)15(20)18-9-13(17)10-4-2-1-3-5-10/h1-8,13,19H,9H2,(H,18,20). The molecule has 3 nitrogen and oxygen atoms in total. The molecule has 2 aromatic rings. The van der Waals surface area contributed by atoms with Crippen LogP contribution in [-0.2, 0) is 0 Å². The van der Waals surface area contributed by atoms with E-state index in [2.05, 4.69) is 37.2 Å². The minimum absolute atomic E-state index is 0.0296. The summed E-state index contributed by atoms with van der Waals surface area (Å²) in [5.41, 5.74) is 1.35. The monoisotopic (exact) mass is 397 g/mol. The van der Waals surface area contributed by atoms with Crippen molar-refractivity contribution in [3.63, 3.8) is 0 Å². The molecule has 2 rings (SSSR count). The first kappa shape index (κ1) is 15.1. The van der Waals surface area contributed by atoms with Crippen molar-refractivity contribution in [3.8, 4) is 5.75 Å². The van der Waals surface area contributed by atoms with Gasteiger partial charge in [-0.2, -0.15) is 0 Å². The van der Waals surface area contributed by atoms with Gasteiger partial charge in [0.2, 0.25) is 0 Å². The molecule has 0 radical (unpaired) electrons. The summed E-state index contributed by atoms with van der Waals surface area (Å²) in [6.07, 6.45) is 0. The van der Waals surface area contributed by atoms with Gasteiger partial charge in [-0.3, -0.25) is 4.79 Å². The highest BCUT2D eigenvalue weighted by molar-refractivity contribution is 9.10. The lowest BCUT2D eigenvalue weighted by Gasteiger charge is -2.12. The average molecular weight is 399 g/mol. The molecular formula is C15H13Br2NO2. The van der Waals surface area contributed by atoms with Crippen LogP contribution < -0.4 is 5.32 Å². The molecule has 0 aromatic heterocycles. The first-order valence-electron chi connectivity index (χ1n) is 6.03. The van der Waals surface area contributed by atoms with Gasteiger partial charge in [0.25, 0.3) is 5.91 Å². The van der Waals surface area contributed by atoms with E-state index < -0.39 is 0 Å². The van der Waals surface area contributed by atoms with Crippen LogP contribution in [0.2, 0.25) is 0 Å². The van der Waals surface area contributed by atoms with E-state index in [9.17, 15) is 9.90 Å². The fourth-order valence-corrected chi connectivity index (χ4v) is 2.58. The predicted octanol–water partition coefficient (Wildman–Crippen LogP) is 4.02. The normalized spacial score (nSPS) is 11.9. The molecule has 0 saturated carbocycles.